The van der Waals surface area contributed by atoms with Gasteiger partial charge in [0.1, 0.15) is 11.4 Å². The van der Waals surface area contributed by atoms with E-state index in [0.29, 0.717) is 17.7 Å². The third-order valence-electron chi connectivity index (χ3n) is 6.85. The molecule has 0 aromatic rings. The molecule has 22 heavy (non-hydrogen) atoms. The molecule has 0 aromatic heterocycles. The summed E-state index contributed by atoms with van der Waals surface area (Å²) in [5.74, 6) is 2.09. The molecule has 4 aliphatic rings. The zero-order valence-electron chi connectivity index (χ0n) is 13.2. The lowest BCUT2D eigenvalue weighted by Crippen LogP contribution is -2.62. The predicted octanol–water partition coefficient (Wildman–Crippen LogP) is 1.89. The van der Waals surface area contributed by atoms with E-state index in [9.17, 15) is 5.11 Å². The lowest BCUT2D eigenvalue weighted by atomic mass is 9.60. The number of nitrogens with one attached hydrogen (secondary N) is 1. The van der Waals surface area contributed by atoms with Crippen LogP contribution in [0.1, 0.15) is 44.9 Å². The fourth-order valence-corrected chi connectivity index (χ4v) is 6.06. The Morgan fingerprint density at radius 1 is 1.14 bits per heavy atom. The van der Waals surface area contributed by atoms with Gasteiger partial charge in [-0.25, -0.2) is 0 Å². The summed E-state index contributed by atoms with van der Waals surface area (Å²) in [7, 11) is 0. The number of rotatable bonds is 1. The van der Waals surface area contributed by atoms with Gasteiger partial charge >= 0.3 is 0 Å². The van der Waals surface area contributed by atoms with Crippen molar-refractivity contribution in [1.29, 1.82) is 0 Å². The van der Waals surface area contributed by atoms with E-state index >= 15 is 0 Å². The average molecular weight is 326 g/mol. The van der Waals surface area contributed by atoms with Crippen LogP contribution in [0.3, 0.4) is 0 Å². The average Bonchev–Trinajstić information content (AvgIpc) is 2.79. The van der Waals surface area contributed by atoms with Crippen LogP contribution in [0.4, 0.5) is 0 Å². The van der Waals surface area contributed by atoms with E-state index in [2.05, 4.69) is 10.3 Å². The van der Waals surface area contributed by atoms with Gasteiger partial charge in [0.25, 0.3) is 0 Å². The number of alkyl halides is 1. The topological polar surface area (TPSA) is 70.6 Å². The number of nitrogens with zero attached hydrogens (tertiary/aromatic N) is 1. The molecule has 7 unspecified atom stereocenters. The molecule has 0 spiro atoms. The first-order chi connectivity index (χ1) is 10.6. The van der Waals surface area contributed by atoms with Gasteiger partial charge in [0.15, 0.2) is 0 Å². The molecule has 0 aromatic carbocycles. The summed E-state index contributed by atoms with van der Waals surface area (Å²) >= 11 is 6.42. The van der Waals surface area contributed by atoms with Crippen LogP contribution in [0.2, 0.25) is 0 Å². The minimum Gasteiger partial charge on any atom is -0.385 e. The van der Waals surface area contributed by atoms with Crippen LogP contribution < -0.4 is 11.1 Å². The van der Waals surface area contributed by atoms with Crippen molar-refractivity contribution in [2.24, 2.45) is 34.4 Å². The molecule has 2 saturated carbocycles. The molecule has 2 aliphatic carbocycles. The van der Waals surface area contributed by atoms with Gasteiger partial charge < -0.3 is 16.2 Å². The van der Waals surface area contributed by atoms with Gasteiger partial charge in [0, 0.05) is 23.8 Å². The summed E-state index contributed by atoms with van der Waals surface area (Å²) in [4.78, 5) is 4.67. The van der Waals surface area contributed by atoms with Crippen molar-refractivity contribution in [1.82, 2.24) is 5.32 Å². The van der Waals surface area contributed by atoms with Crippen molar-refractivity contribution >= 4 is 17.4 Å². The summed E-state index contributed by atoms with van der Waals surface area (Å²) in [5, 5.41) is 15.4. The maximum absolute atomic E-state index is 11.7. The molecule has 0 radical (unpaired) electrons. The Hall–Kier alpha value is -0.320. The van der Waals surface area contributed by atoms with Gasteiger partial charge in [-0.2, -0.15) is 0 Å². The Balaban J connectivity index is 1.65. The third kappa shape index (κ3) is 2.22. The first-order valence-electron chi connectivity index (χ1n) is 9.01. The van der Waals surface area contributed by atoms with Crippen LogP contribution in [-0.2, 0) is 0 Å². The number of nitrogens with two attached hydrogens (primary N) is 1. The molecule has 2 aliphatic heterocycles. The molecule has 0 bridgehead atoms. The van der Waals surface area contributed by atoms with Crippen LogP contribution >= 0.6 is 11.6 Å². The number of piperidine rings is 1. The van der Waals surface area contributed by atoms with Crippen LogP contribution in [0.25, 0.3) is 0 Å². The van der Waals surface area contributed by atoms with E-state index in [-0.39, 0.29) is 23.3 Å². The van der Waals surface area contributed by atoms with E-state index in [1.54, 1.807) is 0 Å². The van der Waals surface area contributed by atoms with E-state index < -0.39 is 5.60 Å². The fourth-order valence-electron chi connectivity index (χ4n) is 5.74. The second kappa shape index (κ2) is 5.64. The van der Waals surface area contributed by atoms with Gasteiger partial charge in [-0.3, -0.25) is 4.99 Å². The van der Waals surface area contributed by atoms with E-state index in [1.807, 2.05) is 0 Å². The van der Waals surface area contributed by atoms with E-state index in [0.717, 1.165) is 32.4 Å². The molecular weight excluding hydrogens is 298 g/mol. The Morgan fingerprint density at radius 3 is 2.82 bits per heavy atom. The van der Waals surface area contributed by atoms with Crippen molar-refractivity contribution in [2.75, 3.05) is 13.1 Å². The highest BCUT2D eigenvalue weighted by Gasteiger charge is 2.58. The Labute approximate surface area is 137 Å². The van der Waals surface area contributed by atoms with Crippen molar-refractivity contribution in [2.45, 2.75) is 62.0 Å². The SMILES string of the molecule is NC1=NC2CCC(Cl)CC2C1(O)C1CNCC2CCCCC21. The molecule has 4 N–H and O–H groups in total. The zero-order valence-corrected chi connectivity index (χ0v) is 13.9. The summed E-state index contributed by atoms with van der Waals surface area (Å²) in [5.41, 5.74) is 5.36. The third-order valence-corrected chi connectivity index (χ3v) is 7.25. The van der Waals surface area contributed by atoms with Gasteiger partial charge in [-0.15, -0.1) is 11.6 Å². The van der Waals surface area contributed by atoms with Crippen LogP contribution in [0.15, 0.2) is 4.99 Å². The molecule has 2 heterocycles. The highest BCUT2D eigenvalue weighted by atomic mass is 35.5. The lowest BCUT2D eigenvalue weighted by Gasteiger charge is -2.50. The first-order valence-corrected chi connectivity index (χ1v) is 9.45. The smallest absolute Gasteiger partial charge is 0.130 e. The Kier molecular flexibility index (Phi) is 3.90. The maximum atomic E-state index is 11.7. The Morgan fingerprint density at radius 2 is 1.95 bits per heavy atom. The summed E-state index contributed by atoms with van der Waals surface area (Å²) < 4.78 is 0. The van der Waals surface area contributed by atoms with Crippen molar-refractivity contribution in [3.8, 4) is 0 Å². The summed E-state index contributed by atoms with van der Waals surface area (Å²) in [6.45, 7) is 1.96. The van der Waals surface area contributed by atoms with Crippen LogP contribution in [-0.4, -0.2) is 41.1 Å². The highest BCUT2D eigenvalue weighted by molar-refractivity contribution is 6.20. The highest BCUT2D eigenvalue weighted by Crippen LogP contribution is 2.50. The predicted molar refractivity (Wildman–Crippen MR) is 89.1 cm³/mol. The van der Waals surface area contributed by atoms with Gasteiger partial charge in [-0.05, 0) is 50.5 Å². The quantitative estimate of drug-likeness (QED) is 0.645. The Bertz CT molecular complexity index is 469. The minimum atomic E-state index is -0.939. The normalized spacial score (nSPS) is 51.8. The minimum absolute atomic E-state index is 0.122. The summed E-state index contributed by atoms with van der Waals surface area (Å²) in [6.07, 6.45) is 7.94. The molecule has 1 saturated heterocycles. The fraction of sp³-hybridized carbons (Fsp3) is 0.941. The number of aliphatic imine (C=N–C) groups is 1. The molecule has 4 nitrogen and oxygen atoms in total. The lowest BCUT2D eigenvalue weighted by molar-refractivity contribution is -0.0663. The van der Waals surface area contributed by atoms with Gasteiger partial charge in [0.2, 0.25) is 0 Å². The van der Waals surface area contributed by atoms with Gasteiger partial charge in [-0.1, -0.05) is 12.8 Å². The van der Waals surface area contributed by atoms with Gasteiger partial charge in [0.05, 0.1) is 6.04 Å². The van der Waals surface area contributed by atoms with Crippen LogP contribution in [0.5, 0.6) is 0 Å². The standard InChI is InChI=1S/C17H28ClN3O/c18-11-5-6-15-13(7-11)17(22,16(19)21-15)14-9-20-8-10-3-1-2-4-12(10)14/h10-15,20,22H,1-9H2,(H2,19,21). The van der Waals surface area contributed by atoms with Crippen LogP contribution in [0, 0.1) is 23.7 Å². The van der Waals surface area contributed by atoms with Crippen molar-refractivity contribution < 1.29 is 5.11 Å². The number of fused-ring (bicyclic) bond motifs is 2. The molecule has 5 heteroatoms. The molecule has 3 fully saturated rings. The molecule has 124 valence electrons. The largest absolute Gasteiger partial charge is 0.385 e. The molecule has 7 atom stereocenters. The number of hydrogen-bond acceptors (Lipinski definition) is 4. The number of aliphatic hydroxyl groups is 1. The number of hydrogen-bond donors (Lipinski definition) is 3. The van der Waals surface area contributed by atoms with Crippen molar-refractivity contribution in [3.05, 3.63) is 0 Å². The number of halogens is 1. The zero-order chi connectivity index (χ0) is 15.3. The molecule has 0 amide bonds. The van der Waals surface area contributed by atoms with Crippen molar-refractivity contribution in [3.63, 3.8) is 0 Å². The van der Waals surface area contributed by atoms with E-state index in [4.69, 9.17) is 17.3 Å². The molecule has 4 rings (SSSR count). The summed E-state index contributed by atoms with van der Waals surface area (Å²) in [6, 6.07) is 0.184. The second-order valence-corrected chi connectivity index (χ2v) is 8.51. The second-order valence-electron chi connectivity index (χ2n) is 7.90. The van der Waals surface area contributed by atoms with E-state index in [1.165, 1.54) is 25.7 Å². The maximum Gasteiger partial charge on any atom is 0.130 e. The monoisotopic (exact) mass is 325 g/mol. The number of amidine groups is 1. The molecular formula is C17H28ClN3O. The first kappa shape index (κ1) is 15.2.